The van der Waals surface area contributed by atoms with Gasteiger partial charge in [-0.25, -0.2) is 5.43 Å². The minimum Gasteiger partial charge on any atom is -0.493 e. The molecular weight excluding hydrogens is 539 g/mol. The van der Waals surface area contributed by atoms with Gasteiger partial charge in [0.1, 0.15) is 6.61 Å². The Kier molecular flexibility index (Phi) is 8.82. The van der Waals surface area contributed by atoms with Crippen molar-refractivity contribution in [2.75, 3.05) is 7.11 Å². The molecule has 1 amide bonds. The van der Waals surface area contributed by atoms with Crippen molar-refractivity contribution in [1.82, 2.24) is 5.43 Å². The fraction of sp³-hybridized carbons (Fsp3) is 0.130. The molecule has 0 unspecified atom stereocenters. The Morgan fingerprint density at radius 1 is 1.06 bits per heavy atom. The summed E-state index contributed by atoms with van der Waals surface area (Å²) in [7, 11) is 1.51. The summed E-state index contributed by atoms with van der Waals surface area (Å²) >= 11 is 21.9. The van der Waals surface area contributed by atoms with Crippen molar-refractivity contribution < 1.29 is 14.3 Å². The average Bonchev–Trinajstić information content (AvgIpc) is 2.75. The van der Waals surface area contributed by atoms with Crippen LogP contribution in [0.3, 0.4) is 0 Å². The molecule has 0 heterocycles. The quantitative estimate of drug-likeness (QED) is 0.248. The van der Waals surface area contributed by atoms with Crippen LogP contribution in [0.4, 0.5) is 0 Å². The van der Waals surface area contributed by atoms with Crippen LogP contribution in [-0.2, 0) is 17.8 Å². The lowest BCUT2D eigenvalue weighted by atomic mass is 10.1. The Morgan fingerprint density at radius 3 is 2.50 bits per heavy atom. The summed E-state index contributed by atoms with van der Waals surface area (Å²) in [6.07, 6.45) is 1.70. The van der Waals surface area contributed by atoms with Gasteiger partial charge in [0.05, 0.1) is 24.8 Å². The first-order chi connectivity index (χ1) is 15.4. The molecule has 0 aliphatic rings. The second-order valence-corrected chi connectivity index (χ2v) is 8.82. The number of carbonyl (C=O) groups is 1. The van der Waals surface area contributed by atoms with E-state index in [-0.39, 0.29) is 18.9 Å². The van der Waals surface area contributed by atoms with Crippen LogP contribution in [0.25, 0.3) is 0 Å². The van der Waals surface area contributed by atoms with Gasteiger partial charge in [-0.05, 0) is 47.5 Å². The van der Waals surface area contributed by atoms with Gasteiger partial charge in [-0.15, -0.1) is 0 Å². The van der Waals surface area contributed by atoms with E-state index >= 15 is 0 Å². The number of methoxy groups -OCH3 is 1. The van der Waals surface area contributed by atoms with Crippen LogP contribution < -0.4 is 14.9 Å². The molecule has 1 N–H and O–H groups in total. The van der Waals surface area contributed by atoms with Crippen LogP contribution in [0.5, 0.6) is 11.5 Å². The molecule has 0 aliphatic carbocycles. The molecule has 3 rings (SSSR count). The van der Waals surface area contributed by atoms with Crippen LogP contribution in [0.15, 0.2) is 64.2 Å². The first-order valence-corrected chi connectivity index (χ1v) is 11.3. The van der Waals surface area contributed by atoms with E-state index in [1.165, 1.54) is 13.3 Å². The third-order valence-electron chi connectivity index (χ3n) is 4.32. The zero-order valence-corrected chi connectivity index (χ0v) is 20.7. The van der Waals surface area contributed by atoms with Crippen molar-refractivity contribution in [3.05, 3.63) is 90.8 Å². The van der Waals surface area contributed by atoms with E-state index in [0.29, 0.717) is 32.1 Å². The summed E-state index contributed by atoms with van der Waals surface area (Å²) in [5.74, 6) is 0.559. The third kappa shape index (κ3) is 6.87. The van der Waals surface area contributed by atoms with E-state index in [2.05, 4.69) is 26.5 Å². The second kappa shape index (κ2) is 11.6. The summed E-state index contributed by atoms with van der Waals surface area (Å²) in [6, 6.07) is 16.0. The maximum atomic E-state index is 12.1. The zero-order valence-electron chi connectivity index (χ0n) is 16.9. The highest BCUT2D eigenvalue weighted by molar-refractivity contribution is 9.10. The number of nitrogens with one attached hydrogen (secondary N) is 1. The van der Waals surface area contributed by atoms with E-state index in [0.717, 1.165) is 15.6 Å². The highest BCUT2D eigenvalue weighted by Gasteiger charge is 2.13. The SMILES string of the molecule is COc1cc(/C=N\NC(=O)Cc2ccc(Br)cc2)cc(Cl)c1OCc1ccc(Cl)cc1Cl. The lowest BCUT2D eigenvalue weighted by Gasteiger charge is -2.14. The molecule has 9 heteroatoms. The highest BCUT2D eigenvalue weighted by Crippen LogP contribution is 2.37. The molecule has 166 valence electrons. The van der Waals surface area contributed by atoms with Crippen molar-refractivity contribution in [2.45, 2.75) is 13.0 Å². The predicted molar refractivity (Wildman–Crippen MR) is 132 cm³/mol. The Hall–Kier alpha value is -2.25. The standard InChI is InChI=1S/C23H18BrCl3N2O3/c1-31-21-9-15(12-28-29-22(30)10-14-2-5-17(24)6-3-14)8-20(27)23(21)32-13-16-4-7-18(25)11-19(16)26/h2-9,11-12H,10,13H2,1H3,(H,29,30)/b28-12-. The van der Waals surface area contributed by atoms with E-state index in [1.54, 1.807) is 30.3 Å². The average molecular weight is 557 g/mol. The normalized spacial score (nSPS) is 10.9. The number of hydrazone groups is 1. The van der Waals surface area contributed by atoms with Gasteiger partial charge >= 0.3 is 0 Å². The molecule has 0 bridgehead atoms. The summed E-state index contributed by atoms with van der Waals surface area (Å²) in [6.45, 7) is 0.186. The van der Waals surface area contributed by atoms with Crippen LogP contribution >= 0.6 is 50.7 Å². The second-order valence-electron chi connectivity index (χ2n) is 6.65. The molecule has 0 saturated heterocycles. The van der Waals surface area contributed by atoms with Crippen molar-refractivity contribution in [2.24, 2.45) is 5.10 Å². The topological polar surface area (TPSA) is 59.9 Å². The van der Waals surface area contributed by atoms with E-state index in [1.807, 2.05) is 24.3 Å². The number of amides is 1. The van der Waals surface area contributed by atoms with Crippen LogP contribution in [0.2, 0.25) is 15.1 Å². The first kappa shape index (κ1) is 24.4. The summed E-state index contributed by atoms with van der Waals surface area (Å²) in [4.78, 5) is 12.1. The maximum Gasteiger partial charge on any atom is 0.244 e. The fourth-order valence-electron chi connectivity index (χ4n) is 2.75. The van der Waals surface area contributed by atoms with Gasteiger partial charge in [-0.2, -0.15) is 5.10 Å². The third-order valence-corrected chi connectivity index (χ3v) is 5.72. The number of rotatable bonds is 8. The van der Waals surface area contributed by atoms with E-state index in [9.17, 15) is 4.79 Å². The Morgan fingerprint density at radius 2 is 1.81 bits per heavy atom. The molecule has 32 heavy (non-hydrogen) atoms. The minimum atomic E-state index is -0.235. The number of hydrogen-bond acceptors (Lipinski definition) is 4. The van der Waals surface area contributed by atoms with Crippen molar-refractivity contribution >= 4 is 62.9 Å². The van der Waals surface area contributed by atoms with Crippen LogP contribution in [0, 0.1) is 0 Å². The smallest absolute Gasteiger partial charge is 0.244 e. The molecule has 0 saturated carbocycles. The van der Waals surface area contributed by atoms with Gasteiger partial charge in [-0.3, -0.25) is 4.79 Å². The van der Waals surface area contributed by atoms with Crippen molar-refractivity contribution in [3.63, 3.8) is 0 Å². The largest absolute Gasteiger partial charge is 0.493 e. The molecule has 0 fully saturated rings. The summed E-state index contributed by atoms with van der Waals surface area (Å²) < 4.78 is 12.2. The number of nitrogens with zero attached hydrogens (tertiary/aromatic N) is 1. The van der Waals surface area contributed by atoms with Gasteiger partial charge < -0.3 is 9.47 Å². The molecule has 0 aromatic heterocycles. The molecule has 0 aliphatic heterocycles. The molecule has 0 radical (unpaired) electrons. The highest BCUT2D eigenvalue weighted by atomic mass is 79.9. The van der Waals surface area contributed by atoms with Crippen molar-refractivity contribution in [3.8, 4) is 11.5 Å². The monoisotopic (exact) mass is 554 g/mol. The van der Waals surface area contributed by atoms with Crippen molar-refractivity contribution in [1.29, 1.82) is 0 Å². The van der Waals surface area contributed by atoms with Gasteiger partial charge in [-0.1, -0.05) is 68.9 Å². The lowest BCUT2D eigenvalue weighted by Crippen LogP contribution is -2.19. The lowest BCUT2D eigenvalue weighted by molar-refractivity contribution is -0.120. The van der Waals surface area contributed by atoms with E-state index < -0.39 is 0 Å². The van der Waals surface area contributed by atoms with E-state index in [4.69, 9.17) is 44.3 Å². The number of carbonyl (C=O) groups excluding carboxylic acids is 1. The first-order valence-electron chi connectivity index (χ1n) is 9.36. The fourth-order valence-corrected chi connectivity index (χ4v) is 3.75. The van der Waals surface area contributed by atoms with Gasteiger partial charge in [0.15, 0.2) is 11.5 Å². The van der Waals surface area contributed by atoms with Gasteiger partial charge in [0, 0.05) is 20.1 Å². The molecule has 3 aromatic rings. The molecule has 3 aromatic carbocycles. The van der Waals surface area contributed by atoms with Gasteiger partial charge in [0.2, 0.25) is 5.91 Å². The molecule has 0 spiro atoms. The van der Waals surface area contributed by atoms with Gasteiger partial charge in [0.25, 0.3) is 0 Å². The molecule has 0 atom stereocenters. The molecule has 5 nitrogen and oxygen atoms in total. The Bertz CT molecular complexity index is 1140. The summed E-state index contributed by atoms with van der Waals surface area (Å²) in [5.41, 5.74) is 4.77. The minimum absolute atomic E-state index is 0.186. The Labute approximate surface area is 209 Å². The zero-order chi connectivity index (χ0) is 23.1. The predicted octanol–water partition coefficient (Wildman–Crippen LogP) is 6.69. The maximum absolute atomic E-state index is 12.1. The number of halogens is 4. The number of benzene rings is 3. The number of hydrogen-bond donors (Lipinski definition) is 1. The number of ether oxygens (including phenoxy) is 2. The van der Waals surface area contributed by atoms with Crippen LogP contribution in [0.1, 0.15) is 16.7 Å². The summed E-state index contributed by atoms with van der Waals surface area (Å²) in [5, 5.41) is 5.37. The Balaban J connectivity index is 1.64. The molecular formula is C23H18BrCl3N2O3. The van der Waals surface area contributed by atoms with Crippen LogP contribution in [-0.4, -0.2) is 19.2 Å².